The summed E-state index contributed by atoms with van der Waals surface area (Å²) in [5.41, 5.74) is 0.895. The first-order valence-corrected chi connectivity index (χ1v) is 5.42. The Labute approximate surface area is 99.3 Å². The molecule has 0 aliphatic carbocycles. The van der Waals surface area contributed by atoms with Crippen molar-refractivity contribution >= 4 is 0 Å². The number of aliphatic hydroxyl groups excluding tert-OH is 1. The Morgan fingerprint density at radius 3 is 2.76 bits per heavy atom. The maximum Gasteiger partial charge on any atom is 0.188 e. The molecule has 0 aliphatic heterocycles. The fourth-order valence-electron chi connectivity index (χ4n) is 1.51. The minimum absolute atomic E-state index is 0.461. The molecular weight excluding hydrogens is 218 g/mol. The van der Waals surface area contributed by atoms with Gasteiger partial charge in [0.25, 0.3) is 0 Å². The average Bonchev–Trinajstić information content (AvgIpc) is 2.76. The molecule has 6 heteroatoms. The summed E-state index contributed by atoms with van der Waals surface area (Å²) >= 11 is 0. The highest BCUT2D eigenvalue weighted by molar-refractivity contribution is 5.17. The summed E-state index contributed by atoms with van der Waals surface area (Å²) in [5, 5.41) is 24.6. The van der Waals surface area contributed by atoms with E-state index < -0.39 is 6.10 Å². The SMILES string of the molecule is Cn1nnc(CNCC(O)c2ccccc2)n1. The van der Waals surface area contributed by atoms with Crippen LogP contribution >= 0.6 is 0 Å². The Hall–Kier alpha value is -1.79. The normalized spacial score (nSPS) is 12.6. The van der Waals surface area contributed by atoms with Crippen molar-refractivity contribution in [1.29, 1.82) is 0 Å². The molecule has 0 fully saturated rings. The first-order chi connectivity index (χ1) is 8.25. The zero-order valence-electron chi connectivity index (χ0n) is 9.61. The lowest BCUT2D eigenvalue weighted by Gasteiger charge is -2.10. The van der Waals surface area contributed by atoms with Gasteiger partial charge >= 0.3 is 0 Å². The number of aryl methyl sites for hydroxylation is 1. The summed E-state index contributed by atoms with van der Waals surface area (Å²) in [6.07, 6.45) is -0.520. The molecule has 2 aromatic rings. The lowest BCUT2D eigenvalue weighted by Crippen LogP contribution is -2.21. The van der Waals surface area contributed by atoms with Crippen LogP contribution < -0.4 is 5.32 Å². The van der Waals surface area contributed by atoms with Gasteiger partial charge in [-0.1, -0.05) is 30.3 Å². The molecule has 0 aliphatic rings. The molecule has 2 rings (SSSR count). The maximum atomic E-state index is 9.88. The third kappa shape index (κ3) is 3.33. The van der Waals surface area contributed by atoms with Crippen molar-refractivity contribution in [2.75, 3.05) is 6.54 Å². The largest absolute Gasteiger partial charge is 0.387 e. The van der Waals surface area contributed by atoms with Crippen molar-refractivity contribution in [3.05, 3.63) is 41.7 Å². The summed E-state index contributed by atoms with van der Waals surface area (Å²) < 4.78 is 0. The van der Waals surface area contributed by atoms with Gasteiger partial charge in [-0.05, 0) is 10.8 Å². The predicted octanol–water partition coefficient (Wildman–Crippen LogP) is 0.0333. The van der Waals surface area contributed by atoms with Gasteiger partial charge in [0.2, 0.25) is 0 Å². The molecule has 90 valence electrons. The third-order valence-electron chi connectivity index (χ3n) is 2.35. The molecule has 0 radical (unpaired) electrons. The number of nitrogens with one attached hydrogen (secondary N) is 1. The van der Waals surface area contributed by atoms with Gasteiger partial charge < -0.3 is 10.4 Å². The number of nitrogens with zero attached hydrogens (tertiary/aromatic N) is 4. The Bertz CT molecular complexity index is 456. The number of tetrazole rings is 1. The van der Waals surface area contributed by atoms with Gasteiger partial charge in [0.05, 0.1) is 19.7 Å². The monoisotopic (exact) mass is 233 g/mol. The van der Waals surface area contributed by atoms with Crippen LogP contribution in [0.5, 0.6) is 0 Å². The summed E-state index contributed by atoms with van der Waals surface area (Å²) in [6, 6.07) is 9.53. The molecule has 2 N–H and O–H groups in total. The maximum absolute atomic E-state index is 9.88. The number of rotatable bonds is 5. The van der Waals surface area contributed by atoms with E-state index in [4.69, 9.17) is 0 Å². The molecule has 1 aromatic carbocycles. The Kier molecular flexibility index (Phi) is 3.79. The zero-order chi connectivity index (χ0) is 12.1. The van der Waals surface area contributed by atoms with Crippen molar-refractivity contribution < 1.29 is 5.11 Å². The zero-order valence-corrected chi connectivity index (χ0v) is 9.61. The van der Waals surface area contributed by atoms with E-state index in [-0.39, 0.29) is 0 Å². The third-order valence-corrected chi connectivity index (χ3v) is 2.35. The van der Waals surface area contributed by atoms with E-state index in [1.165, 1.54) is 4.80 Å². The molecule has 0 spiro atoms. The van der Waals surface area contributed by atoms with Crippen LogP contribution in [0, 0.1) is 0 Å². The van der Waals surface area contributed by atoms with Crippen LogP contribution in [0.2, 0.25) is 0 Å². The van der Waals surface area contributed by atoms with E-state index in [1.54, 1.807) is 7.05 Å². The number of aromatic nitrogens is 4. The van der Waals surface area contributed by atoms with E-state index in [9.17, 15) is 5.11 Å². The molecule has 1 unspecified atom stereocenters. The number of hydrogen-bond acceptors (Lipinski definition) is 5. The van der Waals surface area contributed by atoms with E-state index in [1.807, 2.05) is 30.3 Å². The van der Waals surface area contributed by atoms with Gasteiger partial charge in [-0.3, -0.25) is 0 Å². The quantitative estimate of drug-likeness (QED) is 0.762. The minimum atomic E-state index is -0.520. The second kappa shape index (κ2) is 5.51. The highest BCUT2D eigenvalue weighted by Crippen LogP contribution is 2.10. The lowest BCUT2D eigenvalue weighted by atomic mass is 10.1. The Morgan fingerprint density at radius 1 is 1.35 bits per heavy atom. The number of hydrogen-bond donors (Lipinski definition) is 2. The molecule has 1 atom stereocenters. The molecule has 0 saturated heterocycles. The minimum Gasteiger partial charge on any atom is -0.387 e. The highest BCUT2D eigenvalue weighted by Gasteiger charge is 2.07. The highest BCUT2D eigenvalue weighted by atomic mass is 16.3. The van der Waals surface area contributed by atoms with E-state index in [0.717, 1.165) is 5.56 Å². The summed E-state index contributed by atoms with van der Waals surface area (Å²) in [6.45, 7) is 0.958. The fourth-order valence-corrected chi connectivity index (χ4v) is 1.51. The van der Waals surface area contributed by atoms with E-state index >= 15 is 0 Å². The van der Waals surface area contributed by atoms with Crippen LogP contribution in [0.1, 0.15) is 17.5 Å². The molecule has 0 amide bonds. The molecule has 0 saturated carbocycles. The van der Waals surface area contributed by atoms with Crippen LogP contribution in [0.3, 0.4) is 0 Å². The standard InChI is InChI=1S/C11H15N5O/c1-16-14-11(13-15-16)8-12-7-10(17)9-5-3-2-4-6-9/h2-6,10,12,17H,7-8H2,1H3. The number of benzene rings is 1. The molecule has 1 heterocycles. The first-order valence-electron chi connectivity index (χ1n) is 5.42. The summed E-state index contributed by atoms with van der Waals surface area (Å²) in [5.74, 6) is 0.618. The smallest absolute Gasteiger partial charge is 0.188 e. The summed E-state index contributed by atoms with van der Waals surface area (Å²) in [4.78, 5) is 1.41. The van der Waals surface area contributed by atoms with Gasteiger partial charge in [0, 0.05) is 6.54 Å². The predicted molar refractivity (Wildman–Crippen MR) is 61.9 cm³/mol. The van der Waals surface area contributed by atoms with Crippen molar-refractivity contribution in [2.45, 2.75) is 12.6 Å². The molecule has 6 nitrogen and oxygen atoms in total. The van der Waals surface area contributed by atoms with Gasteiger partial charge in [-0.15, -0.1) is 10.2 Å². The molecule has 17 heavy (non-hydrogen) atoms. The topological polar surface area (TPSA) is 75.9 Å². The van der Waals surface area contributed by atoms with Crippen LogP contribution in [0.4, 0.5) is 0 Å². The molecule has 0 bridgehead atoms. The van der Waals surface area contributed by atoms with Gasteiger partial charge in [-0.2, -0.15) is 4.80 Å². The van der Waals surface area contributed by atoms with Crippen molar-refractivity contribution in [3.63, 3.8) is 0 Å². The number of aliphatic hydroxyl groups is 1. The Balaban J connectivity index is 1.79. The van der Waals surface area contributed by atoms with E-state index in [0.29, 0.717) is 18.9 Å². The average molecular weight is 233 g/mol. The van der Waals surface area contributed by atoms with Crippen molar-refractivity contribution in [3.8, 4) is 0 Å². The van der Waals surface area contributed by atoms with Crippen LogP contribution in [0.15, 0.2) is 30.3 Å². The van der Waals surface area contributed by atoms with Gasteiger partial charge in [-0.25, -0.2) is 0 Å². The molecule has 1 aromatic heterocycles. The second-order valence-electron chi connectivity index (χ2n) is 3.75. The fraction of sp³-hybridized carbons (Fsp3) is 0.364. The molecular formula is C11H15N5O. The van der Waals surface area contributed by atoms with Crippen LogP contribution in [0.25, 0.3) is 0 Å². The lowest BCUT2D eigenvalue weighted by molar-refractivity contribution is 0.174. The van der Waals surface area contributed by atoms with Crippen molar-refractivity contribution in [1.82, 2.24) is 25.5 Å². The first kappa shape index (κ1) is 11.7. The van der Waals surface area contributed by atoms with Crippen LogP contribution in [-0.4, -0.2) is 31.9 Å². The van der Waals surface area contributed by atoms with Gasteiger partial charge in [0.15, 0.2) is 5.82 Å². The second-order valence-corrected chi connectivity index (χ2v) is 3.75. The van der Waals surface area contributed by atoms with E-state index in [2.05, 4.69) is 20.7 Å². The van der Waals surface area contributed by atoms with Crippen molar-refractivity contribution in [2.24, 2.45) is 7.05 Å². The Morgan fingerprint density at radius 2 is 2.12 bits per heavy atom. The van der Waals surface area contributed by atoms with Crippen LogP contribution in [-0.2, 0) is 13.6 Å². The summed E-state index contributed by atoms with van der Waals surface area (Å²) in [7, 11) is 1.72. The van der Waals surface area contributed by atoms with Gasteiger partial charge in [0.1, 0.15) is 0 Å².